The van der Waals surface area contributed by atoms with Crippen LogP contribution in [0.4, 0.5) is 0 Å². The van der Waals surface area contributed by atoms with Gasteiger partial charge in [-0.15, -0.1) is 0 Å². The Kier molecular flexibility index (Phi) is 5.53. The number of benzene rings is 2. The predicted molar refractivity (Wildman–Crippen MR) is 110 cm³/mol. The van der Waals surface area contributed by atoms with Crippen LogP contribution in [0.25, 0.3) is 11.4 Å². The summed E-state index contributed by atoms with van der Waals surface area (Å²) >= 11 is 3.41. The minimum Gasteiger partial charge on any atom is -0.493 e. The second kappa shape index (κ2) is 8.24. The van der Waals surface area contributed by atoms with Crippen molar-refractivity contribution in [1.29, 1.82) is 0 Å². The third-order valence-corrected chi connectivity index (χ3v) is 5.46. The smallest absolute Gasteiger partial charge is 0.232 e. The summed E-state index contributed by atoms with van der Waals surface area (Å²) in [5, 5.41) is 4.07. The number of amides is 1. The molecule has 0 radical (unpaired) electrons. The zero-order valence-electron chi connectivity index (χ0n) is 16.1. The maximum Gasteiger partial charge on any atom is 0.232 e. The summed E-state index contributed by atoms with van der Waals surface area (Å²) in [6.07, 6.45) is 0.356. The van der Waals surface area contributed by atoms with Gasteiger partial charge in [0.05, 0.1) is 20.1 Å². The summed E-state index contributed by atoms with van der Waals surface area (Å²) in [4.78, 5) is 18.8. The highest BCUT2D eigenvalue weighted by molar-refractivity contribution is 9.10. The number of halogens is 1. The van der Waals surface area contributed by atoms with Gasteiger partial charge in [0.15, 0.2) is 11.5 Å². The van der Waals surface area contributed by atoms with Crippen LogP contribution in [-0.4, -0.2) is 41.7 Å². The molecule has 0 spiro atoms. The number of hydrogen-bond acceptors (Lipinski definition) is 6. The fourth-order valence-electron chi connectivity index (χ4n) is 3.41. The van der Waals surface area contributed by atoms with Crippen LogP contribution in [0.2, 0.25) is 0 Å². The molecule has 0 saturated carbocycles. The lowest BCUT2D eigenvalue weighted by Crippen LogP contribution is -2.24. The fourth-order valence-corrected chi connectivity index (χ4v) is 3.67. The van der Waals surface area contributed by atoms with Crippen molar-refractivity contribution in [3.63, 3.8) is 0 Å². The van der Waals surface area contributed by atoms with Crippen molar-refractivity contribution in [3.05, 3.63) is 58.4 Å². The number of aromatic nitrogens is 2. The average molecular weight is 458 g/mol. The van der Waals surface area contributed by atoms with E-state index in [0.29, 0.717) is 42.7 Å². The molecular formula is C21H20BrN3O4. The van der Waals surface area contributed by atoms with E-state index in [-0.39, 0.29) is 11.8 Å². The summed E-state index contributed by atoms with van der Waals surface area (Å²) in [6.45, 7) is 1.03. The molecule has 1 amide bonds. The molecule has 0 N–H and O–H groups in total. The van der Waals surface area contributed by atoms with Crippen LogP contribution in [0.1, 0.15) is 23.8 Å². The lowest BCUT2D eigenvalue weighted by atomic mass is 10.1. The first-order valence-electron chi connectivity index (χ1n) is 9.15. The van der Waals surface area contributed by atoms with Crippen LogP contribution >= 0.6 is 15.9 Å². The van der Waals surface area contributed by atoms with Gasteiger partial charge in [0.2, 0.25) is 17.6 Å². The number of carbonyl (C=O) groups excluding carboxylic acids is 1. The van der Waals surface area contributed by atoms with Gasteiger partial charge >= 0.3 is 0 Å². The Morgan fingerprint density at radius 2 is 1.90 bits per heavy atom. The molecule has 3 aromatic rings. The second-order valence-corrected chi connectivity index (χ2v) is 7.74. The van der Waals surface area contributed by atoms with E-state index in [1.54, 1.807) is 19.1 Å². The first kappa shape index (κ1) is 19.4. The van der Waals surface area contributed by atoms with Crippen LogP contribution in [-0.2, 0) is 11.3 Å². The Morgan fingerprint density at radius 3 is 2.62 bits per heavy atom. The van der Waals surface area contributed by atoms with E-state index in [2.05, 4.69) is 26.1 Å². The minimum absolute atomic E-state index is 0.0631. The molecule has 4 rings (SSSR count). The van der Waals surface area contributed by atoms with Gasteiger partial charge in [0.1, 0.15) is 0 Å². The predicted octanol–water partition coefficient (Wildman–Crippen LogP) is 4.03. The van der Waals surface area contributed by atoms with Gasteiger partial charge in [-0.3, -0.25) is 4.79 Å². The first-order chi connectivity index (χ1) is 14.1. The lowest BCUT2D eigenvalue weighted by molar-refractivity contribution is -0.128. The topological polar surface area (TPSA) is 77.7 Å². The number of methoxy groups -OCH3 is 2. The number of hydrogen-bond donors (Lipinski definition) is 0. The highest BCUT2D eigenvalue weighted by Crippen LogP contribution is 2.32. The molecule has 1 aliphatic heterocycles. The monoisotopic (exact) mass is 457 g/mol. The SMILES string of the molecule is COc1ccc(CN2CC(c3nc(-c4ccc(Br)cc4)no3)CC2=O)cc1OC. The number of carbonyl (C=O) groups is 1. The van der Waals surface area contributed by atoms with Gasteiger partial charge < -0.3 is 18.9 Å². The van der Waals surface area contributed by atoms with Gasteiger partial charge in [-0.1, -0.05) is 27.2 Å². The third kappa shape index (κ3) is 4.12. The quantitative estimate of drug-likeness (QED) is 0.555. The Hall–Kier alpha value is -2.87. The molecule has 1 aromatic heterocycles. The molecule has 2 aromatic carbocycles. The van der Waals surface area contributed by atoms with Crippen molar-refractivity contribution < 1.29 is 18.8 Å². The van der Waals surface area contributed by atoms with Gasteiger partial charge in [0, 0.05) is 29.5 Å². The summed E-state index contributed by atoms with van der Waals surface area (Å²) in [7, 11) is 3.19. The van der Waals surface area contributed by atoms with E-state index in [1.807, 2.05) is 42.5 Å². The molecule has 0 bridgehead atoms. The molecule has 1 fully saturated rings. The van der Waals surface area contributed by atoms with Gasteiger partial charge in [-0.05, 0) is 42.0 Å². The lowest BCUT2D eigenvalue weighted by Gasteiger charge is -2.17. The number of ether oxygens (including phenoxy) is 2. The molecule has 0 aliphatic carbocycles. The van der Waals surface area contributed by atoms with Crippen molar-refractivity contribution in [2.75, 3.05) is 20.8 Å². The Labute approximate surface area is 176 Å². The molecule has 150 valence electrons. The van der Waals surface area contributed by atoms with E-state index in [1.165, 1.54) is 0 Å². The Bertz CT molecular complexity index is 1020. The van der Waals surface area contributed by atoms with Crippen molar-refractivity contribution in [2.24, 2.45) is 0 Å². The molecule has 1 unspecified atom stereocenters. The summed E-state index contributed by atoms with van der Waals surface area (Å²) in [5.41, 5.74) is 1.84. The Balaban J connectivity index is 1.46. The van der Waals surface area contributed by atoms with Gasteiger partial charge in [-0.25, -0.2) is 0 Å². The maximum atomic E-state index is 12.5. The minimum atomic E-state index is -0.112. The summed E-state index contributed by atoms with van der Waals surface area (Å²) in [5.74, 6) is 2.27. The van der Waals surface area contributed by atoms with Gasteiger partial charge in [-0.2, -0.15) is 4.98 Å². The highest BCUT2D eigenvalue weighted by atomic mass is 79.9. The van der Waals surface area contributed by atoms with E-state index < -0.39 is 0 Å². The summed E-state index contributed by atoms with van der Waals surface area (Å²) < 4.78 is 17.1. The zero-order chi connectivity index (χ0) is 20.4. The van der Waals surface area contributed by atoms with E-state index in [9.17, 15) is 4.79 Å². The number of likely N-dealkylation sites (tertiary alicyclic amines) is 1. The fraction of sp³-hybridized carbons (Fsp3) is 0.286. The molecule has 1 saturated heterocycles. The maximum absolute atomic E-state index is 12.5. The molecule has 8 heteroatoms. The number of rotatable bonds is 6. The standard InChI is InChI=1S/C21H20BrN3O4/c1-27-17-8-3-13(9-18(17)28-2)11-25-12-15(10-19(25)26)21-23-20(24-29-21)14-4-6-16(22)7-5-14/h3-9,15H,10-12H2,1-2H3. The highest BCUT2D eigenvalue weighted by Gasteiger charge is 2.34. The van der Waals surface area contributed by atoms with E-state index >= 15 is 0 Å². The van der Waals surface area contributed by atoms with Crippen molar-refractivity contribution >= 4 is 21.8 Å². The van der Waals surface area contributed by atoms with E-state index in [0.717, 1.165) is 15.6 Å². The molecule has 1 aliphatic rings. The normalized spacial score (nSPS) is 16.3. The second-order valence-electron chi connectivity index (χ2n) is 6.83. The van der Waals surface area contributed by atoms with Crippen molar-refractivity contribution in [2.45, 2.75) is 18.9 Å². The van der Waals surface area contributed by atoms with Gasteiger partial charge in [0.25, 0.3) is 0 Å². The average Bonchev–Trinajstić information content (AvgIpc) is 3.36. The zero-order valence-corrected chi connectivity index (χ0v) is 17.7. The Morgan fingerprint density at radius 1 is 1.14 bits per heavy atom. The van der Waals surface area contributed by atoms with Crippen LogP contribution in [0.5, 0.6) is 11.5 Å². The largest absolute Gasteiger partial charge is 0.493 e. The molecule has 2 heterocycles. The first-order valence-corrected chi connectivity index (χ1v) is 9.95. The van der Waals surface area contributed by atoms with Crippen molar-refractivity contribution in [1.82, 2.24) is 15.0 Å². The van der Waals surface area contributed by atoms with Crippen LogP contribution < -0.4 is 9.47 Å². The molecule has 29 heavy (non-hydrogen) atoms. The summed E-state index contributed by atoms with van der Waals surface area (Å²) in [6, 6.07) is 13.3. The third-order valence-electron chi connectivity index (χ3n) is 4.93. The van der Waals surface area contributed by atoms with Crippen LogP contribution in [0.15, 0.2) is 51.5 Å². The molecule has 7 nitrogen and oxygen atoms in total. The molecular weight excluding hydrogens is 438 g/mol. The van der Waals surface area contributed by atoms with E-state index in [4.69, 9.17) is 14.0 Å². The molecule has 1 atom stereocenters. The van der Waals surface area contributed by atoms with Crippen LogP contribution in [0, 0.1) is 0 Å². The number of nitrogens with zero attached hydrogens (tertiary/aromatic N) is 3. The van der Waals surface area contributed by atoms with Crippen LogP contribution in [0.3, 0.4) is 0 Å². The van der Waals surface area contributed by atoms with Crippen molar-refractivity contribution in [3.8, 4) is 22.9 Å².